The first-order valence-corrected chi connectivity index (χ1v) is 8.72. The summed E-state index contributed by atoms with van der Waals surface area (Å²) < 4.78 is 2.20. The summed E-state index contributed by atoms with van der Waals surface area (Å²) in [5.41, 5.74) is 5.50. The molecule has 1 aromatic heterocycles. The number of fused-ring (bicyclic) bond motifs is 1. The van der Waals surface area contributed by atoms with E-state index in [9.17, 15) is 0 Å². The smallest absolute Gasteiger partial charge is 0.0804 e. The first-order valence-electron chi connectivity index (χ1n) is 8.72. The van der Waals surface area contributed by atoms with Crippen molar-refractivity contribution in [1.82, 2.24) is 14.7 Å². The molecule has 2 aliphatic rings. The van der Waals surface area contributed by atoms with E-state index in [1.54, 1.807) is 0 Å². The van der Waals surface area contributed by atoms with E-state index in [0.29, 0.717) is 0 Å². The first-order chi connectivity index (χ1) is 10.8. The molecule has 0 spiro atoms. The van der Waals surface area contributed by atoms with Crippen LogP contribution >= 0.6 is 0 Å². The summed E-state index contributed by atoms with van der Waals surface area (Å²) in [6.07, 6.45) is 6.51. The van der Waals surface area contributed by atoms with Crippen LogP contribution < -0.4 is 0 Å². The van der Waals surface area contributed by atoms with Gasteiger partial charge in [-0.15, -0.1) is 0 Å². The first kappa shape index (κ1) is 14.0. The highest BCUT2D eigenvalue weighted by Gasteiger charge is 2.27. The fourth-order valence-corrected chi connectivity index (χ4v) is 3.61. The molecular weight excluding hydrogens is 270 g/mol. The normalized spacial score (nSPS) is 17.2. The zero-order valence-corrected chi connectivity index (χ0v) is 13.5. The maximum absolute atomic E-state index is 4.99. The molecule has 0 unspecified atom stereocenters. The van der Waals surface area contributed by atoms with Gasteiger partial charge in [0.2, 0.25) is 0 Å². The van der Waals surface area contributed by atoms with Gasteiger partial charge in [-0.1, -0.05) is 25.1 Å². The summed E-state index contributed by atoms with van der Waals surface area (Å²) in [7, 11) is 0. The SMILES string of the molecule is CCN(Cc1nn(-c2ccccc2)c2c1CCC2)CC1CC1. The molecule has 0 atom stereocenters. The summed E-state index contributed by atoms with van der Waals surface area (Å²) in [6.45, 7) is 5.68. The molecule has 0 aliphatic heterocycles. The van der Waals surface area contributed by atoms with Crippen molar-refractivity contribution >= 4 is 0 Å². The molecule has 3 nitrogen and oxygen atoms in total. The molecule has 0 N–H and O–H groups in total. The van der Waals surface area contributed by atoms with Gasteiger partial charge in [-0.05, 0) is 62.3 Å². The minimum absolute atomic E-state index is 0.948. The zero-order chi connectivity index (χ0) is 14.9. The average molecular weight is 295 g/mol. The van der Waals surface area contributed by atoms with E-state index in [-0.39, 0.29) is 0 Å². The topological polar surface area (TPSA) is 21.1 Å². The molecule has 22 heavy (non-hydrogen) atoms. The summed E-state index contributed by atoms with van der Waals surface area (Å²) in [5, 5.41) is 4.99. The molecule has 1 fully saturated rings. The minimum atomic E-state index is 0.948. The van der Waals surface area contributed by atoms with Crippen LogP contribution in [-0.2, 0) is 19.4 Å². The lowest BCUT2D eigenvalue weighted by Gasteiger charge is -2.19. The molecule has 2 aliphatic carbocycles. The van der Waals surface area contributed by atoms with Crippen LogP contribution in [0.25, 0.3) is 5.69 Å². The van der Waals surface area contributed by atoms with Crippen LogP contribution in [0.4, 0.5) is 0 Å². The van der Waals surface area contributed by atoms with E-state index in [4.69, 9.17) is 5.10 Å². The van der Waals surface area contributed by atoms with E-state index >= 15 is 0 Å². The molecule has 2 aromatic rings. The number of hydrogen-bond acceptors (Lipinski definition) is 2. The average Bonchev–Trinajstić information content (AvgIpc) is 3.12. The quantitative estimate of drug-likeness (QED) is 0.812. The number of rotatable bonds is 6. The largest absolute Gasteiger partial charge is 0.297 e. The Kier molecular flexibility index (Phi) is 3.75. The van der Waals surface area contributed by atoms with E-state index in [2.05, 4.69) is 46.8 Å². The molecule has 1 heterocycles. The Morgan fingerprint density at radius 2 is 2.00 bits per heavy atom. The Balaban J connectivity index is 1.62. The van der Waals surface area contributed by atoms with Crippen LogP contribution in [0.2, 0.25) is 0 Å². The Labute approximate surface area is 132 Å². The molecule has 1 saturated carbocycles. The highest BCUT2D eigenvalue weighted by molar-refractivity contribution is 5.39. The van der Waals surface area contributed by atoms with Gasteiger partial charge in [0.05, 0.1) is 11.4 Å². The second kappa shape index (κ2) is 5.88. The molecule has 116 valence electrons. The van der Waals surface area contributed by atoms with E-state index < -0.39 is 0 Å². The molecule has 0 radical (unpaired) electrons. The molecule has 1 aromatic carbocycles. The molecule has 0 bridgehead atoms. The van der Waals surface area contributed by atoms with Crippen LogP contribution in [0, 0.1) is 5.92 Å². The van der Waals surface area contributed by atoms with Gasteiger partial charge in [0.1, 0.15) is 0 Å². The van der Waals surface area contributed by atoms with Crippen LogP contribution in [0.3, 0.4) is 0 Å². The fraction of sp³-hybridized carbons (Fsp3) is 0.526. The third-order valence-electron chi connectivity index (χ3n) is 5.05. The van der Waals surface area contributed by atoms with Gasteiger partial charge in [0.15, 0.2) is 0 Å². The molecule has 3 heteroatoms. The van der Waals surface area contributed by atoms with Gasteiger partial charge >= 0.3 is 0 Å². The van der Waals surface area contributed by atoms with Crippen molar-refractivity contribution in [3.63, 3.8) is 0 Å². The number of benzene rings is 1. The summed E-state index contributed by atoms with van der Waals surface area (Å²) in [4.78, 5) is 2.58. The number of hydrogen-bond donors (Lipinski definition) is 0. The maximum Gasteiger partial charge on any atom is 0.0804 e. The third-order valence-corrected chi connectivity index (χ3v) is 5.05. The fourth-order valence-electron chi connectivity index (χ4n) is 3.61. The number of para-hydroxylation sites is 1. The second-order valence-electron chi connectivity index (χ2n) is 6.74. The molecule has 0 saturated heterocycles. The van der Waals surface area contributed by atoms with Crippen LogP contribution in [-0.4, -0.2) is 27.8 Å². The highest BCUT2D eigenvalue weighted by atomic mass is 15.3. The van der Waals surface area contributed by atoms with Crippen molar-refractivity contribution < 1.29 is 0 Å². The van der Waals surface area contributed by atoms with Crippen molar-refractivity contribution in [2.24, 2.45) is 5.92 Å². The molecule has 0 amide bonds. The Hall–Kier alpha value is -1.61. The van der Waals surface area contributed by atoms with Crippen molar-refractivity contribution in [2.75, 3.05) is 13.1 Å². The van der Waals surface area contributed by atoms with Gasteiger partial charge < -0.3 is 0 Å². The number of nitrogens with zero attached hydrogens (tertiary/aromatic N) is 3. The second-order valence-corrected chi connectivity index (χ2v) is 6.74. The summed E-state index contributed by atoms with van der Waals surface area (Å²) in [6, 6.07) is 10.6. The van der Waals surface area contributed by atoms with E-state index in [0.717, 1.165) is 19.0 Å². The van der Waals surface area contributed by atoms with Crippen molar-refractivity contribution in [2.45, 2.75) is 45.6 Å². The Morgan fingerprint density at radius 1 is 1.18 bits per heavy atom. The van der Waals surface area contributed by atoms with Crippen molar-refractivity contribution in [3.05, 3.63) is 47.3 Å². The lowest BCUT2D eigenvalue weighted by Crippen LogP contribution is -2.26. The van der Waals surface area contributed by atoms with Crippen molar-refractivity contribution in [3.8, 4) is 5.69 Å². The van der Waals surface area contributed by atoms with Gasteiger partial charge in [0.25, 0.3) is 0 Å². The lowest BCUT2D eigenvalue weighted by molar-refractivity contribution is 0.264. The summed E-state index contributed by atoms with van der Waals surface area (Å²) >= 11 is 0. The predicted octanol–water partition coefficient (Wildman–Crippen LogP) is 3.59. The van der Waals surface area contributed by atoms with Crippen LogP contribution in [0.15, 0.2) is 30.3 Å². The minimum Gasteiger partial charge on any atom is -0.297 e. The molecule has 4 rings (SSSR count). The van der Waals surface area contributed by atoms with Gasteiger partial charge in [-0.2, -0.15) is 5.10 Å². The Morgan fingerprint density at radius 3 is 2.73 bits per heavy atom. The zero-order valence-electron chi connectivity index (χ0n) is 13.5. The summed E-state index contributed by atoms with van der Waals surface area (Å²) in [5.74, 6) is 0.948. The lowest BCUT2D eigenvalue weighted by atomic mass is 10.2. The predicted molar refractivity (Wildman–Crippen MR) is 89.3 cm³/mol. The third kappa shape index (κ3) is 2.70. The van der Waals surface area contributed by atoms with E-state index in [1.165, 1.54) is 61.3 Å². The monoisotopic (exact) mass is 295 g/mol. The standard InChI is InChI=1S/C19H25N3/c1-2-21(13-15-11-12-15)14-18-17-9-6-10-19(17)22(20-18)16-7-4-3-5-8-16/h3-5,7-8,15H,2,6,9-14H2,1H3. The number of aromatic nitrogens is 2. The van der Waals surface area contributed by atoms with Crippen LogP contribution in [0.5, 0.6) is 0 Å². The van der Waals surface area contributed by atoms with Crippen LogP contribution in [0.1, 0.15) is 43.1 Å². The molecular formula is C19H25N3. The highest BCUT2D eigenvalue weighted by Crippen LogP contribution is 2.32. The van der Waals surface area contributed by atoms with Crippen molar-refractivity contribution in [1.29, 1.82) is 0 Å². The van der Waals surface area contributed by atoms with Gasteiger partial charge in [-0.25, -0.2) is 4.68 Å². The maximum atomic E-state index is 4.99. The Bertz CT molecular complexity index is 640. The van der Waals surface area contributed by atoms with Gasteiger partial charge in [-0.3, -0.25) is 4.90 Å². The van der Waals surface area contributed by atoms with E-state index in [1.807, 2.05) is 0 Å². The van der Waals surface area contributed by atoms with Gasteiger partial charge in [0, 0.05) is 18.8 Å².